The highest BCUT2D eigenvalue weighted by atomic mass is 16.5. The van der Waals surface area contributed by atoms with Crippen LogP contribution < -0.4 is 10.1 Å². The molecule has 0 aliphatic carbocycles. The lowest BCUT2D eigenvalue weighted by Crippen LogP contribution is -2.20. The van der Waals surface area contributed by atoms with Gasteiger partial charge in [-0.25, -0.2) is 0 Å². The summed E-state index contributed by atoms with van der Waals surface area (Å²) >= 11 is 0. The molecule has 116 valence electrons. The second-order valence-corrected chi connectivity index (χ2v) is 5.24. The number of phenols is 1. The van der Waals surface area contributed by atoms with Gasteiger partial charge in [-0.15, -0.1) is 0 Å². The molecule has 22 heavy (non-hydrogen) atoms. The van der Waals surface area contributed by atoms with Gasteiger partial charge in [-0.3, -0.25) is 4.79 Å². The Bertz CT molecular complexity index is 625. The smallest absolute Gasteiger partial charge is 0.262 e. The molecule has 1 atom stereocenters. The van der Waals surface area contributed by atoms with Crippen molar-refractivity contribution in [2.45, 2.75) is 26.2 Å². The maximum absolute atomic E-state index is 11.9. The van der Waals surface area contributed by atoms with Crippen LogP contribution in [-0.2, 0) is 4.79 Å². The molecule has 0 unspecified atom stereocenters. The fourth-order valence-corrected chi connectivity index (χ4v) is 2.05. The third-order valence-electron chi connectivity index (χ3n) is 3.59. The predicted octanol–water partition coefficient (Wildman–Crippen LogP) is 3.92. The van der Waals surface area contributed by atoms with Gasteiger partial charge in [0, 0.05) is 0 Å². The zero-order valence-corrected chi connectivity index (χ0v) is 12.9. The Balaban J connectivity index is 1.99. The third kappa shape index (κ3) is 4.25. The lowest BCUT2D eigenvalue weighted by molar-refractivity contribution is -0.118. The van der Waals surface area contributed by atoms with Gasteiger partial charge >= 0.3 is 0 Å². The van der Waals surface area contributed by atoms with Crippen molar-refractivity contribution in [3.05, 3.63) is 54.1 Å². The van der Waals surface area contributed by atoms with Crippen LogP contribution in [0.3, 0.4) is 0 Å². The minimum absolute atomic E-state index is 0.0557. The van der Waals surface area contributed by atoms with Crippen molar-refractivity contribution >= 4 is 11.6 Å². The standard InChI is InChI=1S/C18H21NO3/c1-3-13(2)14-9-10-17(20)16(11-14)19-18(21)12-22-15-7-5-4-6-8-15/h4-11,13,20H,3,12H2,1-2H3,(H,19,21)/t13-/m0/s1. The van der Waals surface area contributed by atoms with E-state index in [0.717, 1.165) is 12.0 Å². The number of amides is 1. The minimum atomic E-state index is -0.305. The molecule has 2 aromatic rings. The van der Waals surface area contributed by atoms with Crippen molar-refractivity contribution in [3.8, 4) is 11.5 Å². The number of aromatic hydroxyl groups is 1. The molecule has 0 fully saturated rings. The Morgan fingerprint density at radius 3 is 2.64 bits per heavy atom. The monoisotopic (exact) mass is 299 g/mol. The Morgan fingerprint density at radius 2 is 1.95 bits per heavy atom. The Morgan fingerprint density at radius 1 is 1.23 bits per heavy atom. The highest BCUT2D eigenvalue weighted by molar-refractivity contribution is 5.93. The van der Waals surface area contributed by atoms with Crippen molar-refractivity contribution in [1.29, 1.82) is 0 Å². The van der Waals surface area contributed by atoms with Gasteiger partial charge in [-0.2, -0.15) is 0 Å². The lowest BCUT2D eigenvalue weighted by atomic mass is 9.98. The molecule has 0 aromatic heterocycles. The van der Waals surface area contributed by atoms with Crippen molar-refractivity contribution in [2.24, 2.45) is 0 Å². The molecule has 0 radical (unpaired) electrons. The number of phenolic OH excluding ortho intramolecular Hbond substituents is 1. The summed E-state index contributed by atoms with van der Waals surface area (Å²) in [5.41, 5.74) is 1.50. The molecular formula is C18H21NO3. The number of hydrogen-bond donors (Lipinski definition) is 2. The van der Waals surface area contributed by atoms with Crippen LogP contribution >= 0.6 is 0 Å². The van der Waals surface area contributed by atoms with E-state index < -0.39 is 0 Å². The number of ether oxygens (including phenoxy) is 1. The van der Waals surface area contributed by atoms with Gasteiger partial charge in [-0.05, 0) is 42.2 Å². The van der Waals surface area contributed by atoms with Crippen LogP contribution in [0.15, 0.2) is 48.5 Å². The number of anilines is 1. The van der Waals surface area contributed by atoms with Gasteiger partial charge in [0.05, 0.1) is 5.69 Å². The molecule has 0 spiro atoms. The van der Waals surface area contributed by atoms with Gasteiger partial charge < -0.3 is 15.2 Å². The summed E-state index contributed by atoms with van der Waals surface area (Å²) in [5, 5.41) is 12.6. The lowest BCUT2D eigenvalue weighted by Gasteiger charge is -2.13. The van der Waals surface area contributed by atoms with Crippen LogP contribution in [-0.4, -0.2) is 17.6 Å². The van der Waals surface area contributed by atoms with Crippen molar-refractivity contribution < 1.29 is 14.6 Å². The van der Waals surface area contributed by atoms with Crippen LogP contribution in [0.1, 0.15) is 31.7 Å². The second kappa shape index (κ2) is 7.50. The molecule has 2 N–H and O–H groups in total. The van der Waals surface area contributed by atoms with E-state index in [0.29, 0.717) is 17.4 Å². The van der Waals surface area contributed by atoms with Gasteiger partial charge in [0.15, 0.2) is 6.61 Å². The number of benzene rings is 2. The summed E-state index contributed by atoms with van der Waals surface area (Å²) in [6, 6.07) is 14.4. The van der Waals surface area contributed by atoms with Crippen LogP contribution in [0.2, 0.25) is 0 Å². The first-order valence-corrected chi connectivity index (χ1v) is 7.40. The van der Waals surface area contributed by atoms with E-state index in [2.05, 4.69) is 19.2 Å². The Labute approximate surface area is 130 Å². The summed E-state index contributed by atoms with van der Waals surface area (Å²) in [6.45, 7) is 4.11. The molecule has 0 aliphatic rings. The molecular weight excluding hydrogens is 278 g/mol. The van der Waals surface area contributed by atoms with Crippen LogP contribution in [0, 0.1) is 0 Å². The van der Waals surface area contributed by atoms with E-state index in [1.807, 2.05) is 30.3 Å². The SMILES string of the molecule is CC[C@H](C)c1ccc(O)c(NC(=O)COc2ccccc2)c1. The summed E-state index contributed by atoms with van der Waals surface area (Å²) in [6.07, 6.45) is 0.995. The molecule has 1 amide bonds. The highest BCUT2D eigenvalue weighted by Gasteiger charge is 2.10. The molecule has 0 saturated heterocycles. The average Bonchev–Trinajstić information content (AvgIpc) is 2.55. The van der Waals surface area contributed by atoms with Crippen molar-refractivity contribution in [3.63, 3.8) is 0 Å². The zero-order valence-electron chi connectivity index (χ0n) is 12.9. The largest absolute Gasteiger partial charge is 0.506 e. The molecule has 2 aromatic carbocycles. The number of hydrogen-bond acceptors (Lipinski definition) is 3. The summed E-state index contributed by atoms with van der Waals surface area (Å²) in [5.74, 6) is 0.757. The number of carbonyl (C=O) groups is 1. The van der Waals surface area contributed by atoms with Gasteiger partial charge in [-0.1, -0.05) is 38.1 Å². The number of rotatable bonds is 6. The molecule has 0 bridgehead atoms. The molecule has 0 aliphatic heterocycles. The van der Waals surface area contributed by atoms with E-state index in [-0.39, 0.29) is 18.3 Å². The predicted molar refractivity (Wildman–Crippen MR) is 87.4 cm³/mol. The molecule has 4 nitrogen and oxygen atoms in total. The topological polar surface area (TPSA) is 58.6 Å². The van der Waals surface area contributed by atoms with Gasteiger partial charge in [0.1, 0.15) is 11.5 Å². The normalized spacial score (nSPS) is 11.7. The van der Waals surface area contributed by atoms with Crippen LogP contribution in [0.4, 0.5) is 5.69 Å². The quantitative estimate of drug-likeness (QED) is 0.795. The van der Waals surface area contributed by atoms with Crippen LogP contribution in [0.5, 0.6) is 11.5 Å². The number of para-hydroxylation sites is 1. The highest BCUT2D eigenvalue weighted by Crippen LogP contribution is 2.29. The Kier molecular flexibility index (Phi) is 5.42. The van der Waals surface area contributed by atoms with E-state index in [1.54, 1.807) is 18.2 Å². The average molecular weight is 299 g/mol. The van der Waals surface area contributed by atoms with Crippen molar-refractivity contribution in [1.82, 2.24) is 0 Å². The molecule has 2 rings (SSSR count). The number of nitrogens with one attached hydrogen (secondary N) is 1. The van der Waals surface area contributed by atoms with Crippen molar-refractivity contribution in [2.75, 3.05) is 11.9 Å². The van der Waals surface area contributed by atoms with Gasteiger partial charge in [0.25, 0.3) is 5.91 Å². The number of carbonyl (C=O) groups excluding carboxylic acids is 1. The molecule has 0 heterocycles. The van der Waals surface area contributed by atoms with E-state index in [1.165, 1.54) is 0 Å². The summed E-state index contributed by atoms with van der Waals surface area (Å²) in [4.78, 5) is 11.9. The van der Waals surface area contributed by atoms with E-state index in [9.17, 15) is 9.90 Å². The summed E-state index contributed by atoms with van der Waals surface area (Å²) < 4.78 is 5.39. The van der Waals surface area contributed by atoms with E-state index >= 15 is 0 Å². The fraction of sp³-hybridized carbons (Fsp3) is 0.278. The first-order valence-electron chi connectivity index (χ1n) is 7.40. The maximum atomic E-state index is 11.9. The minimum Gasteiger partial charge on any atom is -0.506 e. The molecule has 0 saturated carbocycles. The summed E-state index contributed by atoms with van der Waals surface area (Å²) in [7, 11) is 0. The van der Waals surface area contributed by atoms with Crippen LogP contribution in [0.25, 0.3) is 0 Å². The first kappa shape index (κ1) is 15.9. The van der Waals surface area contributed by atoms with E-state index in [4.69, 9.17) is 4.74 Å². The first-order chi connectivity index (χ1) is 10.6. The second-order valence-electron chi connectivity index (χ2n) is 5.24. The maximum Gasteiger partial charge on any atom is 0.262 e. The Hall–Kier alpha value is -2.49. The third-order valence-corrected chi connectivity index (χ3v) is 3.59. The molecule has 4 heteroatoms. The fourth-order valence-electron chi connectivity index (χ4n) is 2.05. The van der Waals surface area contributed by atoms with Gasteiger partial charge in [0.2, 0.25) is 0 Å². The zero-order chi connectivity index (χ0) is 15.9.